The fourth-order valence-corrected chi connectivity index (χ4v) is 17.1. The number of hydrogen-bond donors (Lipinski definition) is 0. The molecule has 20 amide bonds. The molecule has 0 bridgehead atoms. The third-order valence-corrected chi connectivity index (χ3v) is 22.4. The second kappa shape index (κ2) is 11.3. The Balaban J connectivity index is 0.00000241. The zero-order valence-corrected chi connectivity index (χ0v) is 42.4. The van der Waals surface area contributed by atoms with Gasteiger partial charge in [-0.05, 0) is 69.2 Å². The maximum Gasteiger partial charge on any atom is 0.326 e. The van der Waals surface area contributed by atoms with Crippen LogP contribution in [0.25, 0.3) is 0 Å². The van der Waals surface area contributed by atoms with Gasteiger partial charge in [0.2, 0.25) is 0 Å². The van der Waals surface area contributed by atoms with Crippen molar-refractivity contribution in [3.8, 4) is 0 Å². The molecule has 0 saturated carbocycles. The molecule has 32 heteroatoms. The summed E-state index contributed by atoms with van der Waals surface area (Å²) in [6.45, 7) is 12.0. The van der Waals surface area contributed by atoms with Crippen molar-refractivity contribution in [2.24, 2.45) is 0 Å². The van der Waals surface area contributed by atoms with E-state index in [0.29, 0.717) is 0 Å². The van der Waals surface area contributed by atoms with Crippen LogP contribution >= 0.6 is 0 Å². The third kappa shape index (κ3) is 3.28. The first kappa shape index (κ1) is 44.8. The van der Waals surface area contributed by atoms with E-state index in [1.807, 2.05) is 0 Å². The second-order valence-corrected chi connectivity index (χ2v) is 23.0. The number of amides is 20. The predicted molar refractivity (Wildman–Crippen MR) is 227 cm³/mol. The minimum Gasteiger partial charge on any atom is -0.412 e. The molecule has 0 radical (unpaired) electrons. The van der Waals surface area contributed by atoms with Crippen molar-refractivity contribution in [3.63, 3.8) is 0 Å². The predicted octanol–water partition coefficient (Wildman–Crippen LogP) is -1.64. The van der Waals surface area contributed by atoms with Gasteiger partial charge in [-0.25, -0.2) is 47.9 Å². The molecule has 15 aliphatic heterocycles. The molecule has 0 aromatic carbocycles. The number of hydrogen-bond acceptors (Lipinski definition) is 10. The average Bonchev–Trinajstić information content (AvgIpc) is 3.96. The topological polar surface area (TPSA) is 267 Å². The van der Waals surface area contributed by atoms with Crippen LogP contribution in [0.2, 0.25) is 0 Å². The van der Waals surface area contributed by atoms with Crippen LogP contribution in [0.1, 0.15) is 69.2 Å². The van der Waals surface area contributed by atoms with E-state index in [-0.39, 0.29) is 51.0 Å². The van der Waals surface area contributed by atoms with Crippen molar-refractivity contribution in [1.82, 2.24) is 98.0 Å². The summed E-state index contributed by atoms with van der Waals surface area (Å²) in [5, 5.41) is 0. The van der Waals surface area contributed by atoms with Crippen LogP contribution in [0.3, 0.4) is 0 Å². The molecule has 0 aromatic heterocycles. The SMILES string of the molecule is CC12N3CN4C(=O)N5CN6C(=O)N7CN8C(=O)N9CN%10C(=O)N%11CN(C3=O)C1(C)N1CN3C(=O)N(CN%12C(=O)N(CN%13C(=O)N(CN%14C(=O)N(CN2C1=O)C4(C)C5%14C)C6(C)C7%13C)C8(C)C9%12C)C%10(C)C%113C.O.[Kr]. The van der Waals surface area contributed by atoms with Crippen molar-refractivity contribution in [1.29, 1.82) is 0 Å². The Kier molecular flexibility index (Phi) is 7.02. The number of nitrogens with zero attached hydrogens (tertiary/aromatic N) is 20. The van der Waals surface area contributed by atoms with Gasteiger partial charge in [0.05, 0.1) is 0 Å². The molecule has 0 aromatic rings. The summed E-state index contributed by atoms with van der Waals surface area (Å²) in [4.78, 5) is 186. The van der Waals surface area contributed by atoms with Crippen molar-refractivity contribution in [3.05, 3.63) is 0 Å². The monoisotopic (exact) mass is 1070 g/mol. The summed E-state index contributed by atoms with van der Waals surface area (Å²) < 4.78 is 0. The van der Waals surface area contributed by atoms with Gasteiger partial charge in [0, 0.05) is 45.5 Å². The summed E-state index contributed by atoms with van der Waals surface area (Å²) in [7, 11) is 0. The molecule has 15 saturated heterocycles. The van der Waals surface area contributed by atoms with Gasteiger partial charge in [0.1, 0.15) is 66.7 Å². The Morgan fingerprint density at radius 3 is 0.306 bits per heavy atom. The number of carbonyl (C=O) groups excluding carboxylic acids is 10. The summed E-state index contributed by atoms with van der Waals surface area (Å²) in [6.07, 6.45) is 0. The van der Waals surface area contributed by atoms with Crippen molar-refractivity contribution >= 4 is 60.3 Å². The number of rotatable bonds is 0. The molecule has 0 aliphatic carbocycles. The maximum absolute atomic E-state index is 15.8. The summed E-state index contributed by atoms with van der Waals surface area (Å²) in [5.41, 5.74) is -17.1. The van der Waals surface area contributed by atoms with E-state index in [9.17, 15) is 0 Å². The molecule has 0 atom stereocenters. The largest absolute Gasteiger partial charge is 0.412 e. The van der Waals surface area contributed by atoms with Gasteiger partial charge in [-0.2, -0.15) is 0 Å². The molecule has 0 spiro atoms. The Morgan fingerprint density at radius 1 is 0.194 bits per heavy atom. The van der Waals surface area contributed by atoms with Crippen LogP contribution in [0, 0.1) is 45.5 Å². The summed E-state index contributed by atoms with van der Waals surface area (Å²) in [5.74, 6) is 0. The van der Waals surface area contributed by atoms with Gasteiger partial charge in [-0.3, -0.25) is 98.0 Å². The minimum atomic E-state index is -1.71. The molecule has 2 N–H and O–H groups in total. The average molecular weight is 1070 g/mol. The summed E-state index contributed by atoms with van der Waals surface area (Å²) in [6, 6.07) is -6.57. The zero-order valence-electron chi connectivity index (χ0n) is 41.0. The van der Waals surface area contributed by atoms with Gasteiger partial charge in [0.25, 0.3) is 0 Å². The second-order valence-electron chi connectivity index (χ2n) is 23.0. The first-order valence-corrected chi connectivity index (χ1v) is 23.6. The Hall–Kier alpha value is -5.86. The van der Waals surface area contributed by atoms with E-state index < -0.39 is 184 Å². The Bertz CT molecular complexity index is 2170. The van der Waals surface area contributed by atoms with E-state index in [4.69, 9.17) is 0 Å². The normalized spacial score (nSPS) is 45.7. The standard InChI is InChI=1S/C40H50N20O10.Kr.H2O/c1-31-32(2)43-13-47-25(65)51-17-55-29(69)59-19-57-27(67)53-15-49-23(63)45(11-41(31)21(43)61)33(3)34(49,4)50-16-54-28(68)58(38(57,8)37(53,54)7)20-60-30(70)56(39(55,9)40(59,60)10)18-52-26(66)48(35(47,5)36(51,52)6)14-44(32)22(62)42(31)12-46(33)24(50)64;;/h11-20H2,1-10H3;;1H2. The van der Waals surface area contributed by atoms with Crippen molar-refractivity contribution in [2.75, 3.05) is 66.7 Å². The molecular formula is C40H52KrN20O11. The molecule has 15 rings (SSSR count). The molecule has 72 heavy (non-hydrogen) atoms. The molecule has 15 fully saturated rings. The molecule has 0 unspecified atom stereocenters. The van der Waals surface area contributed by atoms with E-state index in [0.717, 1.165) is 0 Å². The van der Waals surface area contributed by atoms with Crippen molar-refractivity contribution < 1.29 is 98.9 Å². The molecule has 386 valence electrons. The van der Waals surface area contributed by atoms with E-state index in [1.165, 1.54) is 98.0 Å². The Labute approximate surface area is 447 Å². The van der Waals surface area contributed by atoms with Crippen LogP contribution in [0.4, 0.5) is 47.9 Å². The van der Waals surface area contributed by atoms with Gasteiger partial charge in [0.15, 0.2) is 56.6 Å². The maximum atomic E-state index is 15.8. The van der Waals surface area contributed by atoms with Gasteiger partial charge >= 0.3 is 60.3 Å². The van der Waals surface area contributed by atoms with E-state index in [1.54, 1.807) is 69.2 Å². The smallest absolute Gasteiger partial charge is 0.326 e. The van der Waals surface area contributed by atoms with E-state index in [2.05, 4.69) is 0 Å². The van der Waals surface area contributed by atoms with Crippen LogP contribution in [0.5, 0.6) is 0 Å². The van der Waals surface area contributed by atoms with Gasteiger partial charge in [-0.1, -0.05) is 0 Å². The molecular weight excluding hydrogens is 1020 g/mol. The van der Waals surface area contributed by atoms with Gasteiger partial charge in [-0.15, -0.1) is 0 Å². The number of urea groups is 10. The van der Waals surface area contributed by atoms with Gasteiger partial charge < -0.3 is 5.48 Å². The minimum absolute atomic E-state index is 0. The molecule has 15 aliphatic rings. The fraction of sp³-hybridized carbons (Fsp3) is 0.750. The third-order valence-electron chi connectivity index (χ3n) is 22.4. The zero-order chi connectivity index (χ0) is 49.4. The molecule has 31 nitrogen and oxygen atoms in total. The van der Waals surface area contributed by atoms with Crippen molar-refractivity contribution in [2.45, 2.75) is 126 Å². The number of carbonyl (C=O) groups is 10. The Morgan fingerprint density at radius 2 is 0.250 bits per heavy atom. The van der Waals surface area contributed by atoms with Crippen LogP contribution in [-0.4, -0.2) is 287 Å². The molecule has 15 heterocycles. The van der Waals surface area contributed by atoms with E-state index >= 15 is 47.9 Å². The van der Waals surface area contributed by atoms with Crippen LogP contribution in [0.15, 0.2) is 0 Å². The quantitative estimate of drug-likeness (QED) is 0.267. The van der Waals surface area contributed by atoms with Crippen LogP contribution in [-0.2, 0) is 0 Å². The summed E-state index contributed by atoms with van der Waals surface area (Å²) >= 11 is 0. The van der Waals surface area contributed by atoms with Crippen LogP contribution < -0.4 is 0 Å². The first-order chi connectivity index (χ1) is 32.6. The fourth-order valence-electron chi connectivity index (χ4n) is 17.1. The first-order valence-electron chi connectivity index (χ1n) is 23.6.